The van der Waals surface area contributed by atoms with E-state index in [-0.39, 0.29) is 39.4 Å². The molecule has 12 heteroatoms. The SMILES string of the molecule is COc1c(Oc2cnc(C(F)(F)F)c(C)c2-c2cc(=O)c3c(C(C)=O)nccc3[nH]2)ccc(F)c1F. The summed E-state index contributed by atoms with van der Waals surface area (Å²) in [6.45, 7) is 2.34. The molecule has 0 unspecified atom stereocenters. The van der Waals surface area contributed by atoms with Gasteiger partial charge < -0.3 is 14.5 Å². The predicted molar refractivity (Wildman–Crippen MR) is 118 cm³/mol. The highest BCUT2D eigenvalue weighted by Gasteiger charge is 2.36. The normalized spacial score (nSPS) is 11.6. The van der Waals surface area contributed by atoms with E-state index in [1.54, 1.807) is 0 Å². The molecule has 0 atom stereocenters. The van der Waals surface area contributed by atoms with Crippen LogP contribution in [0.1, 0.15) is 28.7 Å². The van der Waals surface area contributed by atoms with Gasteiger partial charge in [-0.25, -0.2) is 9.37 Å². The molecule has 0 radical (unpaired) electrons. The van der Waals surface area contributed by atoms with Gasteiger partial charge in [-0.15, -0.1) is 0 Å². The molecular weight excluding hydrogens is 489 g/mol. The summed E-state index contributed by atoms with van der Waals surface area (Å²) in [6, 6.07) is 4.16. The van der Waals surface area contributed by atoms with Gasteiger partial charge in [0.1, 0.15) is 11.4 Å². The number of halogens is 5. The van der Waals surface area contributed by atoms with Crippen LogP contribution in [0.15, 0.2) is 41.5 Å². The van der Waals surface area contributed by atoms with Crippen LogP contribution in [0.3, 0.4) is 0 Å². The number of nitrogens with one attached hydrogen (secondary N) is 1. The molecule has 3 aromatic heterocycles. The zero-order chi connectivity index (χ0) is 26.4. The average Bonchev–Trinajstić information content (AvgIpc) is 2.80. The van der Waals surface area contributed by atoms with E-state index >= 15 is 0 Å². The lowest BCUT2D eigenvalue weighted by Gasteiger charge is -2.19. The molecule has 0 aliphatic rings. The molecule has 4 aromatic rings. The fourth-order valence-electron chi connectivity index (χ4n) is 3.79. The smallest absolute Gasteiger partial charge is 0.433 e. The highest BCUT2D eigenvalue weighted by atomic mass is 19.4. The van der Waals surface area contributed by atoms with Crippen LogP contribution in [0.5, 0.6) is 17.2 Å². The Balaban J connectivity index is 2.01. The number of hydrogen-bond acceptors (Lipinski definition) is 6. The van der Waals surface area contributed by atoms with Gasteiger partial charge in [-0.05, 0) is 30.7 Å². The number of carbonyl (C=O) groups is 1. The van der Waals surface area contributed by atoms with Crippen LogP contribution in [0.25, 0.3) is 22.2 Å². The molecule has 0 fully saturated rings. The van der Waals surface area contributed by atoms with E-state index < -0.39 is 46.0 Å². The van der Waals surface area contributed by atoms with Gasteiger partial charge in [-0.3, -0.25) is 14.6 Å². The first kappa shape index (κ1) is 24.8. The third-order valence-electron chi connectivity index (χ3n) is 5.34. The summed E-state index contributed by atoms with van der Waals surface area (Å²) in [5.74, 6) is -4.34. The van der Waals surface area contributed by atoms with Crippen molar-refractivity contribution in [1.29, 1.82) is 0 Å². The Labute approximate surface area is 199 Å². The van der Waals surface area contributed by atoms with Crippen molar-refractivity contribution >= 4 is 16.7 Å². The van der Waals surface area contributed by atoms with Gasteiger partial charge in [0.05, 0.1) is 29.9 Å². The van der Waals surface area contributed by atoms with Crippen molar-refractivity contribution in [2.24, 2.45) is 0 Å². The highest BCUT2D eigenvalue weighted by molar-refractivity contribution is 6.04. The number of pyridine rings is 3. The van der Waals surface area contributed by atoms with Crippen LogP contribution in [0.4, 0.5) is 22.0 Å². The Morgan fingerprint density at radius 2 is 1.81 bits per heavy atom. The van der Waals surface area contributed by atoms with Crippen molar-refractivity contribution in [2.75, 3.05) is 7.11 Å². The molecule has 0 aliphatic heterocycles. The first-order valence-corrected chi connectivity index (χ1v) is 10.2. The van der Waals surface area contributed by atoms with Gasteiger partial charge >= 0.3 is 6.18 Å². The fraction of sp³-hybridized carbons (Fsp3) is 0.167. The van der Waals surface area contributed by atoms with Crippen molar-refractivity contribution in [3.05, 3.63) is 75.5 Å². The Morgan fingerprint density at radius 1 is 1.08 bits per heavy atom. The summed E-state index contributed by atoms with van der Waals surface area (Å²) in [5.41, 5.74) is -2.62. The van der Waals surface area contributed by atoms with E-state index in [0.29, 0.717) is 0 Å². The monoisotopic (exact) mass is 505 g/mol. The quantitative estimate of drug-likeness (QED) is 0.281. The third kappa shape index (κ3) is 4.25. The molecule has 0 aliphatic carbocycles. The molecule has 0 spiro atoms. The molecule has 186 valence electrons. The molecule has 1 N–H and O–H groups in total. The van der Waals surface area contributed by atoms with Gasteiger partial charge in [0, 0.05) is 24.8 Å². The summed E-state index contributed by atoms with van der Waals surface area (Å²) in [5, 5.41) is -0.0405. The van der Waals surface area contributed by atoms with E-state index in [1.807, 2.05) is 0 Å². The number of ketones is 1. The number of benzene rings is 1. The van der Waals surface area contributed by atoms with Crippen LogP contribution in [0, 0.1) is 18.6 Å². The van der Waals surface area contributed by atoms with Gasteiger partial charge in [-0.1, -0.05) is 0 Å². The van der Waals surface area contributed by atoms with Crippen molar-refractivity contribution in [1.82, 2.24) is 15.0 Å². The second-order valence-electron chi connectivity index (χ2n) is 7.65. The number of aromatic nitrogens is 3. The summed E-state index contributed by atoms with van der Waals surface area (Å²) >= 11 is 0. The molecule has 3 heterocycles. The maximum Gasteiger partial charge on any atom is 0.433 e. The number of hydrogen-bond donors (Lipinski definition) is 1. The lowest BCUT2D eigenvalue weighted by Crippen LogP contribution is -2.14. The molecule has 0 bridgehead atoms. The molecule has 0 saturated heterocycles. The van der Waals surface area contributed by atoms with Gasteiger partial charge in [-0.2, -0.15) is 17.6 Å². The number of H-pyrrole nitrogens is 1. The number of alkyl halides is 3. The number of ether oxygens (including phenoxy) is 2. The minimum absolute atomic E-state index is 0.0405. The lowest BCUT2D eigenvalue weighted by atomic mass is 10.0. The zero-order valence-corrected chi connectivity index (χ0v) is 18.9. The number of nitrogens with zero attached hydrogens (tertiary/aromatic N) is 2. The summed E-state index contributed by atoms with van der Waals surface area (Å²) in [4.78, 5) is 35.0. The molecule has 7 nitrogen and oxygen atoms in total. The number of fused-ring (bicyclic) bond motifs is 1. The minimum Gasteiger partial charge on any atom is -0.490 e. The second-order valence-corrected chi connectivity index (χ2v) is 7.65. The van der Waals surface area contributed by atoms with Crippen LogP contribution in [-0.2, 0) is 6.18 Å². The van der Waals surface area contributed by atoms with Crippen LogP contribution >= 0.6 is 0 Å². The first-order chi connectivity index (χ1) is 16.9. The summed E-state index contributed by atoms with van der Waals surface area (Å²) in [6.07, 6.45) is -2.83. The van der Waals surface area contributed by atoms with Crippen molar-refractivity contribution in [3.8, 4) is 28.5 Å². The maximum absolute atomic E-state index is 14.2. The molecule has 1 aromatic carbocycles. The van der Waals surface area contributed by atoms with E-state index in [9.17, 15) is 31.5 Å². The van der Waals surface area contributed by atoms with E-state index in [4.69, 9.17) is 9.47 Å². The van der Waals surface area contributed by atoms with Crippen LogP contribution in [-0.4, -0.2) is 27.8 Å². The van der Waals surface area contributed by atoms with Gasteiger partial charge in [0.2, 0.25) is 11.6 Å². The molecule has 0 amide bonds. The van der Waals surface area contributed by atoms with Gasteiger partial charge in [0.25, 0.3) is 0 Å². The molecule has 4 rings (SSSR count). The predicted octanol–water partition coefficient (Wildman–Crippen LogP) is 5.59. The van der Waals surface area contributed by atoms with E-state index in [0.717, 1.165) is 38.4 Å². The van der Waals surface area contributed by atoms with Crippen molar-refractivity contribution in [2.45, 2.75) is 20.0 Å². The standard InChI is InChI=1S/C24H16F5N3O4/c1-10-18(14-8-15(34)19-13(32-14)6-7-30-21(19)11(2)33)17(9-31-23(10)24(27,28)29)36-16-5-4-12(25)20(26)22(16)35-3/h4-9H,1-3H3,(H,32,34). The zero-order valence-electron chi connectivity index (χ0n) is 18.9. The lowest BCUT2D eigenvalue weighted by molar-refractivity contribution is -0.141. The number of aromatic amines is 1. The average molecular weight is 505 g/mol. The van der Waals surface area contributed by atoms with Crippen molar-refractivity contribution in [3.63, 3.8) is 0 Å². The Morgan fingerprint density at radius 3 is 2.44 bits per heavy atom. The Hall–Kier alpha value is -4.35. The maximum atomic E-state index is 14.2. The number of rotatable bonds is 5. The van der Waals surface area contributed by atoms with Crippen LogP contribution < -0.4 is 14.9 Å². The highest BCUT2D eigenvalue weighted by Crippen LogP contribution is 2.43. The van der Waals surface area contributed by atoms with E-state index in [1.165, 1.54) is 19.2 Å². The number of Topliss-reactive ketones (excluding diaryl/α,β-unsaturated/α-hetero) is 1. The second kappa shape index (κ2) is 9.02. The number of methoxy groups -OCH3 is 1. The number of carbonyl (C=O) groups excluding carboxylic acids is 1. The minimum atomic E-state index is -4.85. The topological polar surface area (TPSA) is 94.2 Å². The molecule has 0 saturated carbocycles. The fourth-order valence-corrected chi connectivity index (χ4v) is 3.79. The molecule has 36 heavy (non-hydrogen) atoms. The molecular formula is C24H16F5N3O4. The Bertz CT molecular complexity index is 1580. The summed E-state index contributed by atoms with van der Waals surface area (Å²) in [7, 11) is 1.06. The first-order valence-electron chi connectivity index (χ1n) is 10.2. The van der Waals surface area contributed by atoms with Crippen LogP contribution in [0.2, 0.25) is 0 Å². The summed E-state index contributed by atoms with van der Waals surface area (Å²) < 4.78 is 79.3. The van der Waals surface area contributed by atoms with E-state index in [2.05, 4.69) is 15.0 Å². The van der Waals surface area contributed by atoms with Gasteiger partial charge in [0.15, 0.2) is 28.5 Å². The third-order valence-corrected chi connectivity index (χ3v) is 5.34. The largest absolute Gasteiger partial charge is 0.490 e. The van der Waals surface area contributed by atoms with Crippen molar-refractivity contribution < 1.29 is 36.2 Å². The Kier molecular flexibility index (Phi) is 6.21.